The zero-order valence-corrected chi connectivity index (χ0v) is 11.0. The molecule has 0 atom stereocenters. The van der Waals surface area contributed by atoms with Crippen LogP contribution in [0.3, 0.4) is 0 Å². The van der Waals surface area contributed by atoms with Gasteiger partial charge in [0.1, 0.15) is 0 Å². The molecule has 0 radical (unpaired) electrons. The van der Waals surface area contributed by atoms with E-state index < -0.39 is 0 Å². The van der Waals surface area contributed by atoms with Crippen molar-refractivity contribution in [3.05, 3.63) is 27.2 Å². The van der Waals surface area contributed by atoms with Gasteiger partial charge >= 0.3 is 6.01 Å². The van der Waals surface area contributed by atoms with Gasteiger partial charge in [-0.25, -0.2) is 0 Å². The zero-order chi connectivity index (χ0) is 12.3. The van der Waals surface area contributed by atoms with Crippen LogP contribution in [0.25, 0.3) is 0 Å². The van der Waals surface area contributed by atoms with Crippen LogP contribution >= 0.6 is 22.9 Å². The maximum atomic E-state index is 5.87. The monoisotopic (exact) mass is 272 g/mol. The Balaban J connectivity index is 2.01. The summed E-state index contributed by atoms with van der Waals surface area (Å²) >= 11 is 7.41. The predicted molar refractivity (Wildman–Crippen MR) is 68.5 cm³/mol. The molecule has 0 spiro atoms. The number of anilines is 1. The van der Waals surface area contributed by atoms with Crippen molar-refractivity contribution in [1.29, 1.82) is 0 Å². The average Bonchev–Trinajstić information content (AvgIpc) is 2.88. The molecule has 2 N–H and O–H groups in total. The van der Waals surface area contributed by atoms with Crippen molar-refractivity contribution in [3.8, 4) is 0 Å². The van der Waals surface area contributed by atoms with E-state index in [0.29, 0.717) is 31.4 Å². The number of rotatable bonds is 5. The summed E-state index contributed by atoms with van der Waals surface area (Å²) in [6.45, 7) is 1.20. The summed E-state index contributed by atoms with van der Waals surface area (Å²) in [6, 6.07) is 4.36. The number of thiophene rings is 1. The van der Waals surface area contributed by atoms with E-state index in [-0.39, 0.29) is 0 Å². The smallest absolute Gasteiger partial charge is 0.318 e. The lowest BCUT2D eigenvalue weighted by molar-refractivity contribution is 0.490. The first kappa shape index (κ1) is 12.3. The van der Waals surface area contributed by atoms with Gasteiger partial charge in [0.2, 0.25) is 5.89 Å². The van der Waals surface area contributed by atoms with E-state index in [4.69, 9.17) is 21.8 Å². The number of aromatic nitrogens is 2. The minimum Gasteiger partial charge on any atom is -0.408 e. The van der Waals surface area contributed by atoms with E-state index in [2.05, 4.69) is 10.2 Å². The average molecular weight is 273 g/mol. The van der Waals surface area contributed by atoms with Gasteiger partial charge in [0, 0.05) is 24.9 Å². The van der Waals surface area contributed by atoms with Crippen molar-refractivity contribution in [1.82, 2.24) is 10.2 Å². The van der Waals surface area contributed by atoms with Crippen LogP contribution in [-0.4, -0.2) is 23.8 Å². The van der Waals surface area contributed by atoms with E-state index in [0.717, 1.165) is 9.21 Å². The molecule has 0 saturated carbocycles. The maximum absolute atomic E-state index is 5.87. The molecule has 2 heterocycles. The Morgan fingerprint density at radius 1 is 1.47 bits per heavy atom. The van der Waals surface area contributed by atoms with Crippen molar-refractivity contribution in [2.75, 3.05) is 18.5 Å². The highest BCUT2D eigenvalue weighted by Gasteiger charge is 2.11. The summed E-state index contributed by atoms with van der Waals surface area (Å²) in [6.07, 6.45) is 0.603. The first-order valence-electron chi connectivity index (χ1n) is 5.17. The Labute approximate surface area is 108 Å². The Bertz CT molecular complexity index is 484. The van der Waals surface area contributed by atoms with Gasteiger partial charge in [-0.2, -0.15) is 0 Å². The lowest BCUT2D eigenvalue weighted by atomic mass is 10.4. The second-order valence-electron chi connectivity index (χ2n) is 3.58. The summed E-state index contributed by atoms with van der Waals surface area (Å²) in [5, 5.41) is 7.88. The van der Waals surface area contributed by atoms with E-state index in [9.17, 15) is 0 Å². The topological polar surface area (TPSA) is 68.2 Å². The fourth-order valence-electron chi connectivity index (χ4n) is 1.36. The number of nitrogens with zero attached hydrogens (tertiary/aromatic N) is 3. The van der Waals surface area contributed by atoms with Crippen molar-refractivity contribution < 1.29 is 4.42 Å². The normalized spacial score (nSPS) is 10.8. The summed E-state index contributed by atoms with van der Waals surface area (Å²) in [7, 11) is 1.90. The molecule has 0 amide bonds. The van der Waals surface area contributed by atoms with Crippen LogP contribution in [0.5, 0.6) is 0 Å². The molecule has 17 heavy (non-hydrogen) atoms. The molecule has 5 nitrogen and oxygen atoms in total. The minimum absolute atomic E-state index is 0.498. The number of halogens is 1. The van der Waals surface area contributed by atoms with Crippen LogP contribution in [0.15, 0.2) is 16.5 Å². The van der Waals surface area contributed by atoms with Gasteiger partial charge in [0.15, 0.2) is 0 Å². The molecular weight excluding hydrogens is 260 g/mol. The van der Waals surface area contributed by atoms with Crippen LogP contribution in [-0.2, 0) is 13.0 Å². The molecule has 0 unspecified atom stereocenters. The number of hydrogen-bond donors (Lipinski definition) is 1. The third-order valence-electron chi connectivity index (χ3n) is 2.16. The minimum atomic E-state index is 0.498. The lowest BCUT2D eigenvalue weighted by Crippen LogP contribution is -2.15. The molecule has 0 fully saturated rings. The van der Waals surface area contributed by atoms with E-state index in [1.54, 1.807) is 11.3 Å². The van der Waals surface area contributed by atoms with Crippen molar-refractivity contribution in [2.45, 2.75) is 13.0 Å². The van der Waals surface area contributed by atoms with E-state index >= 15 is 0 Å². The molecule has 2 aromatic rings. The van der Waals surface area contributed by atoms with Gasteiger partial charge in [-0.3, -0.25) is 0 Å². The number of nitrogens with two attached hydrogens (primary N) is 1. The summed E-state index contributed by atoms with van der Waals surface area (Å²) in [5.41, 5.74) is 5.42. The van der Waals surface area contributed by atoms with Crippen LogP contribution in [0.4, 0.5) is 6.01 Å². The largest absolute Gasteiger partial charge is 0.408 e. The summed E-state index contributed by atoms with van der Waals surface area (Å²) in [4.78, 5) is 3.03. The van der Waals surface area contributed by atoms with Gasteiger partial charge in [0.25, 0.3) is 0 Å². The van der Waals surface area contributed by atoms with Gasteiger partial charge in [-0.05, 0) is 12.1 Å². The first-order chi connectivity index (χ1) is 8.19. The highest BCUT2D eigenvalue weighted by atomic mass is 35.5. The van der Waals surface area contributed by atoms with Crippen LogP contribution < -0.4 is 10.6 Å². The fraction of sp³-hybridized carbons (Fsp3) is 0.400. The standard InChI is InChI=1S/C10H13ClN4OS/c1-15(6-7-2-3-8(11)17-7)10-14-13-9(16-10)4-5-12/h2-3H,4-6,12H2,1H3. The Hall–Kier alpha value is -1.11. The molecule has 0 aliphatic carbocycles. The van der Waals surface area contributed by atoms with Gasteiger partial charge in [-0.1, -0.05) is 16.7 Å². The Kier molecular flexibility index (Phi) is 3.98. The molecule has 0 aliphatic rings. The Morgan fingerprint density at radius 3 is 2.94 bits per heavy atom. The van der Waals surface area contributed by atoms with Crippen molar-refractivity contribution in [3.63, 3.8) is 0 Å². The zero-order valence-electron chi connectivity index (χ0n) is 9.39. The van der Waals surface area contributed by atoms with Crippen molar-refractivity contribution >= 4 is 29.0 Å². The van der Waals surface area contributed by atoms with Gasteiger partial charge in [-0.15, -0.1) is 16.4 Å². The molecular formula is C10H13ClN4OS. The van der Waals surface area contributed by atoms with E-state index in [1.165, 1.54) is 0 Å². The third kappa shape index (κ3) is 3.18. The second kappa shape index (κ2) is 5.48. The third-order valence-corrected chi connectivity index (χ3v) is 3.38. The quantitative estimate of drug-likeness (QED) is 0.901. The van der Waals surface area contributed by atoms with Gasteiger partial charge < -0.3 is 15.1 Å². The molecule has 0 saturated heterocycles. The van der Waals surface area contributed by atoms with Gasteiger partial charge in [0.05, 0.1) is 10.9 Å². The van der Waals surface area contributed by atoms with Crippen LogP contribution in [0.2, 0.25) is 4.34 Å². The maximum Gasteiger partial charge on any atom is 0.318 e. The SMILES string of the molecule is CN(Cc1ccc(Cl)s1)c1nnc(CCN)o1. The number of hydrogen-bond acceptors (Lipinski definition) is 6. The Morgan fingerprint density at radius 2 is 2.29 bits per heavy atom. The van der Waals surface area contributed by atoms with E-state index in [1.807, 2.05) is 24.1 Å². The highest BCUT2D eigenvalue weighted by molar-refractivity contribution is 7.16. The summed E-state index contributed by atoms with van der Waals surface area (Å²) in [5.74, 6) is 0.568. The molecule has 2 rings (SSSR count). The summed E-state index contributed by atoms with van der Waals surface area (Å²) < 4.78 is 6.24. The van der Waals surface area contributed by atoms with Crippen LogP contribution in [0.1, 0.15) is 10.8 Å². The highest BCUT2D eigenvalue weighted by Crippen LogP contribution is 2.23. The fourth-order valence-corrected chi connectivity index (χ4v) is 2.50. The lowest BCUT2D eigenvalue weighted by Gasteiger charge is -2.11. The second-order valence-corrected chi connectivity index (χ2v) is 5.38. The molecule has 0 bridgehead atoms. The molecule has 92 valence electrons. The molecule has 0 aliphatic heterocycles. The predicted octanol–water partition coefficient (Wildman–Crippen LogP) is 1.92. The molecule has 2 aromatic heterocycles. The molecule has 7 heteroatoms. The first-order valence-corrected chi connectivity index (χ1v) is 6.36. The molecule has 0 aromatic carbocycles. The van der Waals surface area contributed by atoms with Crippen molar-refractivity contribution in [2.24, 2.45) is 5.73 Å². The van der Waals surface area contributed by atoms with Crippen LogP contribution in [0, 0.1) is 0 Å².